The molecular weight excluding hydrogens is 291 g/mol. The van der Waals surface area contributed by atoms with Crippen molar-refractivity contribution in [2.45, 2.75) is 11.6 Å². The molecule has 1 heteroatoms. The zero-order valence-corrected chi connectivity index (χ0v) is 12.6. The number of hydrogen-bond acceptors (Lipinski definition) is 0. The van der Waals surface area contributed by atoms with Crippen molar-refractivity contribution in [3.05, 3.63) is 72.3 Å². The van der Waals surface area contributed by atoms with Crippen molar-refractivity contribution in [2.24, 2.45) is 0 Å². The van der Waals surface area contributed by atoms with Crippen molar-refractivity contribution < 1.29 is 0 Å². The van der Waals surface area contributed by atoms with Gasteiger partial charge in [-0.05, 0) is 0 Å². The van der Waals surface area contributed by atoms with Gasteiger partial charge in [0.1, 0.15) is 0 Å². The van der Waals surface area contributed by atoms with Crippen LogP contribution < -0.4 is 8.70 Å². The van der Waals surface area contributed by atoms with E-state index in [-0.39, 0.29) is 0 Å². The SMILES string of the molecule is c1ccc([As]2CCc3ccc4ccccc4c32)cc1. The molecule has 1 atom stereocenters. The Kier molecular flexibility index (Phi) is 2.71. The molecule has 0 radical (unpaired) electrons. The summed E-state index contributed by atoms with van der Waals surface area (Å²) in [6.45, 7) is 0. The predicted octanol–water partition coefficient (Wildman–Crippen LogP) is 3.00. The Hall–Kier alpha value is -1.52. The standard InChI is InChI=1S/C18H15As/c1-2-7-16(8-3-1)19-13-12-15-11-10-14-6-4-5-9-17(14)18(15)19/h1-11H,12-13H2. The summed E-state index contributed by atoms with van der Waals surface area (Å²) in [5.74, 6) is 0. The van der Waals surface area contributed by atoms with Crippen LogP contribution in [0.1, 0.15) is 5.56 Å². The van der Waals surface area contributed by atoms with E-state index in [2.05, 4.69) is 66.7 Å². The third-order valence-electron chi connectivity index (χ3n) is 3.93. The summed E-state index contributed by atoms with van der Waals surface area (Å²) in [5, 5.41) is 4.29. The van der Waals surface area contributed by atoms with Crippen molar-refractivity contribution in [1.82, 2.24) is 0 Å². The second-order valence-electron chi connectivity index (χ2n) is 5.03. The first-order valence-corrected chi connectivity index (χ1v) is 9.97. The van der Waals surface area contributed by atoms with Gasteiger partial charge in [-0.2, -0.15) is 0 Å². The number of hydrogen-bond donors (Lipinski definition) is 0. The quantitative estimate of drug-likeness (QED) is 0.606. The van der Waals surface area contributed by atoms with E-state index in [1.807, 2.05) is 0 Å². The number of aryl methyl sites for hydroxylation is 1. The molecule has 3 aromatic carbocycles. The minimum atomic E-state index is -1.07. The minimum absolute atomic E-state index is 1.07. The van der Waals surface area contributed by atoms with Gasteiger partial charge in [0.05, 0.1) is 0 Å². The van der Waals surface area contributed by atoms with Crippen molar-refractivity contribution >= 4 is 34.1 Å². The zero-order valence-electron chi connectivity index (χ0n) is 10.7. The van der Waals surface area contributed by atoms with Gasteiger partial charge in [0.15, 0.2) is 0 Å². The summed E-state index contributed by atoms with van der Waals surface area (Å²) >= 11 is -1.07. The molecule has 0 saturated carbocycles. The molecule has 0 amide bonds. The molecule has 19 heavy (non-hydrogen) atoms. The Balaban J connectivity index is 1.97. The Bertz CT molecular complexity index is 731. The van der Waals surface area contributed by atoms with Crippen LogP contribution in [0.15, 0.2) is 66.7 Å². The molecule has 0 fully saturated rings. The normalized spacial score (nSPS) is 17.6. The number of fused-ring (bicyclic) bond motifs is 3. The van der Waals surface area contributed by atoms with E-state index in [4.69, 9.17) is 0 Å². The zero-order chi connectivity index (χ0) is 12.7. The van der Waals surface area contributed by atoms with E-state index in [0.29, 0.717) is 0 Å². The molecule has 0 bridgehead atoms. The monoisotopic (exact) mass is 306 g/mol. The average molecular weight is 306 g/mol. The molecule has 0 N–H and O–H groups in total. The summed E-state index contributed by atoms with van der Waals surface area (Å²) in [6, 6.07) is 24.7. The van der Waals surface area contributed by atoms with E-state index in [1.165, 1.54) is 22.4 Å². The molecule has 4 rings (SSSR count). The Morgan fingerprint density at radius 3 is 2.42 bits per heavy atom. The third kappa shape index (κ3) is 1.83. The summed E-state index contributed by atoms with van der Waals surface area (Å²) in [7, 11) is 0. The first kappa shape index (κ1) is 11.3. The van der Waals surface area contributed by atoms with Crippen molar-refractivity contribution in [3.8, 4) is 0 Å². The fourth-order valence-corrected chi connectivity index (χ4v) is 8.83. The molecule has 0 aliphatic carbocycles. The molecule has 0 aromatic heterocycles. The molecule has 0 spiro atoms. The first-order valence-electron chi connectivity index (χ1n) is 6.77. The van der Waals surface area contributed by atoms with Crippen molar-refractivity contribution in [2.75, 3.05) is 0 Å². The third-order valence-corrected chi connectivity index (χ3v) is 9.51. The molecular formula is C18H15As. The maximum atomic E-state index is 2.36. The van der Waals surface area contributed by atoms with Gasteiger partial charge in [0.2, 0.25) is 0 Å². The van der Waals surface area contributed by atoms with Crippen LogP contribution in [0, 0.1) is 0 Å². The van der Waals surface area contributed by atoms with Gasteiger partial charge in [-0.3, -0.25) is 0 Å². The Labute approximate surface area is 118 Å². The summed E-state index contributed by atoms with van der Waals surface area (Å²) < 4.78 is 3.31. The van der Waals surface area contributed by atoms with Gasteiger partial charge in [-0.1, -0.05) is 0 Å². The number of rotatable bonds is 1. The average Bonchev–Trinajstić information content (AvgIpc) is 2.92. The molecule has 0 nitrogen and oxygen atoms in total. The summed E-state index contributed by atoms with van der Waals surface area (Å²) in [4.78, 5) is 0. The first-order chi connectivity index (χ1) is 9.43. The van der Waals surface area contributed by atoms with Gasteiger partial charge in [-0.25, -0.2) is 0 Å². The van der Waals surface area contributed by atoms with Gasteiger partial charge in [-0.15, -0.1) is 0 Å². The van der Waals surface area contributed by atoms with Crippen LogP contribution in [-0.2, 0) is 6.42 Å². The van der Waals surface area contributed by atoms with Crippen LogP contribution in [0.4, 0.5) is 0 Å². The molecule has 0 saturated heterocycles. The molecule has 92 valence electrons. The van der Waals surface area contributed by atoms with Crippen molar-refractivity contribution in [3.63, 3.8) is 0 Å². The van der Waals surface area contributed by atoms with Crippen molar-refractivity contribution in [1.29, 1.82) is 0 Å². The molecule has 1 unspecified atom stereocenters. The summed E-state index contributed by atoms with van der Waals surface area (Å²) in [5.41, 5.74) is 1.60. The van der Waals surface area contributed by atoms with Crippen LogP contribution in [0.25, 0.3) is 10.8 Å². The van der Waals surface area contributed by atoms with Crippen LogP contribution in [0.3, 0.4) is 0 Å². The molecule has 1 heterocycles. The van der Waals surface area contributed by atoms with Crippen LogP contribution in [0.2, 0.25) is 5.21 Å². The van der Waals surface area contributed by atoms with Gasteiger partial charge in [0, 0.05) is 0 Å². The predicted molar refractivity (Wildman–Crippen MR) is 83.9 cm³/mol. The van der Waals surface area contributed by atoms with Crippen LogP contribution in [0.5, 0.6) is 0 Å². The van der Waals surface area contributed by atoms with E-state index in [0.717, 1.165) is 0 Å². The molecule has 3 aromatic rings. The van der Waals surface area contributed by atoms with Gasteiger partial charge in [0.25, 0.3) is 0 Å². The second-order valence-corrected chi connectivity index (χ2v) is 9.79. The summed E-state index contributed by atoms with van der Waals surface area (Å²) in [6.07, 6.45) is 1.27. The molecule has 1 aliphatic heterocycles. The second kappa shape index (κ2) is 4.54. The Morgan fingerprint density at radius 1 is 0.737 bits per heavy atom. The van der Waals surface area contributed by atoms with E-state index in [1.54, 1.807) is 14.3 Å². The van der Waals surface area contributed by atoms with Crippen LogP contribution >= 0.6 is 0 Å². The number of benzene rings is 3. The van der Waals surface area contributed by atoms with E-state index in [9.17, 15) is 0 Å². The van der Waals surface area contributed by atoms with Gasteiger partial charge < -0.3 is 0 Å². The van der Waals surface area contributed by atoms with Gasteiger partial charge >= 0.3 is 118 Å². The Morgan fingerprint density at radius 2 is 1.53 bits per heavy atom. The van der Waals surface area contributed by atoms with Crippen LogP contribution in [-0.4, -0.2) is 14.7 Å². The fraction of sp³-hybridized carbons (Fsp3) is 0.111. The fourth-order valence-electron chi connectivity index (χ4n) is 3.03. The van der Waals surface area contributed by atoms with E-state index < -0.39 is 14.7 Å². The maximum absolute atomic E-state index is 2.36. The molecule has 1 aliphatic rings. The topological polar surface area (TPSA) is 0 Å². The van der Waals surface area contributed by atoms with E-state index >= 15 is 0 Å².